The lowest BCUT2D eigenvalue weighted by Gasteiger charge is -2.21. The summed E-state index contributed by atoms with van der Waals surface area (Å²) in [6.07, 6.45) is 7.20. The number of rotatable bonds is 3. The highest BCUT2D eigenvalue weighted by Crippen LogP contribution is 2.23. The normalized spacial score (nSPS) is 17.8. The van der Waals surface area contributed by atoms with E-state index in [0.717, 1.165) is 28.4 Å². The van der Waals surface area contributed by atoms with Crippen molar-refractivity contribution in [3.05, 3.63) is 89.5 Å². The summed E-state index contributed by atoms with van der Waals surface area (Å²) in [5.74, 6) is 1.23. The molecule has 1 saturated heterocycles. The number of hydrogen-bond donors (Lipinski definition) is 1. The third-order valence-corrected chi connectivity index (χ3v) is 4.03. The highest BCUT2D eigenvalue weighted by atomic mass is 19.1. The van der Waals surface area contributed by atoms with Gasteiger partial charge in [-0.2, -0.15) is 0 Å². The molecule has 1 aliphatic heterocycles. The van der Waals surface area contributed by atoms with Crippen molar-refractivity contribution >= 4 is 23.6 Å². The number of nitrogens with one attached hydrogen (secondary N) is 1. The summed E-state index contributed by atoms with van der Waals surface area (Å²) < 4.78 is 24.1. The first-order valence-electron chi connectivity index (χ1n) is 8.32. The lowest BCUT2D eigenvalue weighted by atomic mass is 9.96. The fourth-order valence-electron chi connectivity index (χ4n) is 2.82. The van der Waals surface area contributed by atoms with Gasteiger partial charge < -0.3 is 14.2 Å². The number of aliphatic imine (C=N–C) groups is 1. The molecule has 130 valence electrons. The maximum atomic E-state index is 13.2. The van der Waals surface area contributed by atoms with Gasteiger partial charge in [0.05, 0.1) is 23.9 Å². The van der Waals surface area contributed by atoms with Crippen LogP contribution in [0.5, 0.6) is 0 Å². The smallest absolute Gasteiger partial charge is 0.127 e. The molecule has 5 heteroatoms. The first kappa shape index (κ1) is 16.3. The number of hydrogen-bond acceptors (Lipinski definition) is 4. The average molecular weight is 348 g/mol. The second kappa shape index (κ2) is 7.37. The third-order valence-electron chi connectivity index (χ3n) is 4.03. The van der Waals surface area contributed by atoms with Gasteiger partial charge in [0.15, 0.2) is 0 Å². The monoisotopic (exact) mass is 348 g/mol. The molecule has 0 unspecified atom stereocenters. The zero-order chi connectivity index (χ0) is 17.8. The molecule has 0 spiro atoms. The quantitative estimate of drug-likeness (QED) is 0.736. The molecule has 0 bridgehead atoms. The van der Waals surface area contributed by atoms with E-state index in [1.165, 1.54) is 12.1 Å². The lowest BCUT2D eigenvalue weighted by Crippen LogP contribution is -2.32. The molecule has 0 saturated carbocycles. The van der Waals surface area contributed by atoms with Gasteiger partial charge in [-0.15, -0.1) is 0 Å². The van der Waals surface area contributed by atoms with Crippen molar-refractivity contribution in [2.45, 2.75) is 0 Å². The van der Waals surface area contributed by atoms with Crippen LogP contribution < -0.4 is 5.32 Å². The molecule has 4 rings (SSSR count). The summed E-state index contributed by atoms with van der Waals surface area (Å²) in [6.45, 7) is 1.33. The Labute approximate surface area is 150 Å². The van der Waals surface area contributed by atoms with Gasteiger partial charge in [-0.1, -0.05) is 0 Å². The predicted molar refractivity (Wildman–Crippen MR) is 99.7 cm³/mol. The Morgan fingerprint density at radius 2 is 1.42 bits per heavy atom. The minimum atomic E-state index is -0.281. The van der Waals surface area contributed by atoms with Crippen molar-refractivity contribution < 1.29 is 13.2 Å². The van der Waals surface area contributed by atoms with Crippen LogP contribution in [0.4, 0.5) is 10.1 Å². The molecular formula is C21H17FN2O2. The van der Waals surface area contributed by atoms with Crippen LogP contribution in [0.3, 0.4) is 0 Å². The molecule has 1 fully saturated rings. The summed E-state index contributed by atoms with van der Waals surface area (Å²) in [6, 6.07) is 13.6. The van der Waals surface area contributed by atoms with E-state index >= 15 is 0 Å². The van der Waals surface area contributed by atoms with Gasteiger partial charge in [0.1, 0.15) is 17.3 Å². The van der Waals surface area contributed by atoms with Crippen LogP contribution in [0, 0.1) is 5.82 Å². The summed E-state index contributed by atoms with van der Waals surface area (Å²) in [7, 11) is 0. The molecular weight excluding hydrogens is 331 g/mol. The maximum absolute atomic E-state index is 13.2. The van der Waals surface area contributed by atoms with Gasteiger partial charge in [-0.25, -0.2) is 9.38 Å². The third kappa shape index (κ3) is 3.73. The zero-order valence-corrected chi connectivity index (χ0v) is 14.0. The second-order valence-electron chi connectivity index (χ2n) is 5.91. The SMILES string of the molecule is Fc1ccc(N=C2/C(=C/c3ccco3)CNC/C2=C\c2ccco2)cc1. The zero-order valence-electron chi connectivity index (χ0n) is 14.0. The Morgan fingerprint density at radius 1 is 0.846 bits per heavy atom. The number of benzene rings is 1. The Balaban J connectivity index is 1.79. The molecule has 2 aromatic heterocycles. The molecule has 3 heterocycles. The van der Waals surface area contributed by atoms with Crippen molar-refractivity contribution in [3.63, 3.8) is 0 Å². The predicted octanol–water partition coefficient (Wildman–Crippen LogP) is 4.85. The minimum Gasteiger partial charge on any atom is -0.465 e. The van der Waals surface area contributed by atoms with Crippen LogP contribution in [-0.4, -0.2) is 18.8 Å². The van der Waals surface area contributed by atoms with Crippen LogP contribution in [0.25, 0.3) is 12.2 Å². The number of furan rings is 2. The highest BCUT2D eigenvalue weighted by molar-refractivity contribution is 6.18. The van der Waals surface area contributed by atoms with E-state index in [0.29, 0.717) is 18.8 Å². The van der Waals surface area contributed by atoms with Gasteiger partial charge in [0, 0.05) is 13.1 Å². The Kier molecular flexibility index (Phi) is 4.62. The van der Waals surface area contributed by atoms with Crippen molar-refractivity contribution in [3.8, 4) is 0 Å². The fourth-order valence-corrected chi connectivity index (χ4v) is 2.82. The standard InChI is InChI=1S/C21H17FN2O2/c22-17-5-7-18(8-6-17)24-21-15(11-19-3-1-9-25-19)13-23-14-16(21)12-20-4-2-10-26-20/h1-12,23H,13-14H2/b15-11+,16-12+. The molecule has 0 atom stereocenters. The molecule has 4 nitrogen and oxygen atoms in total. The van der Waals surface area contributed by atoms with Gasteiger partial charge in [-0.3, -0.25) is 0 Å². The topological polar surface area (TPSA) is 50.7 Å². The first-order valence-corrected chi connectivity index (χ1v) is 8.32. The summed E-state index contributed by atoms with van der Waals surface area (Å²) in [5.41, 5.74) is 3.52. The van der Waals surface area contributed by atoms with E-state index in [2.05, 4.69) is 5.32 Å². The first-order chi connectivity index (χ1) is 12.8. The Bertz CT molecular complexity index is 896. The molecule has 0 aliphatic carbocycles. The van der Waals surface area contributed by atoms with E-state index in [1.54, 1.807) is 24.7 Å². The molecule has 1 aromatic carbocycles. The van der Waals surface area contributed by atoms with E-state index in [1.807, 2.05) is 36.4 Å². The molecule has 0 radical (unpaired) electrons. The van der Waals surface area contributed by atoms with Crippen LogP contribution in [0.2, 0.25) is 0 Å². The minimum absolute atomic E-state index is 0.281. The van der Waals surface area contributed by atoms with Crippen molar-refractivity contribution in [1.82, 2.24) is 5.32 Å². The van der Waals surface area contributed by atoms with Crippen LogP contribution in [0.15, 0.2) is 86.0 Å². The average Bonchev–Trinajstić information content (AvgIpc) is 3.33. The van der Waals surface area contributed by atoms with Crippen LogP contribution in [-0.2, 0) is 0 Å². The molecule has 26 heavy (non-hydrogen) atoms. The number of piperidine rings is 1. The Hall–Kier alpha value is -3.18. The van der Waals surface area contributed by atoms with Gasteiger partial charge in [0.25, 0.3) is 0 Å². The van der Waals surface area contributed by atoms with Crippen LogP contribution >= 0.6 is 0 Å². The molecule has 1 N–H and O–H groups in total. The number of nitrogens with zero attached hydrogens (tertiary/aromatic N) is 1. The van der Waals surface area contributed by atoms with Gasteiger partial charge in [-0.05, 0) is 71.8 Å². The van der Waals surface area contributed by atoms with E-state index in [-0.39, 0.29) is 5.82 Å². The Morgan fingerprint density at radius 3 is 1.92 bits per heavy atom. The lowest BCUT2D eigenvalue weighted by molar-refractivity contribution is 0.556. The van der Waals surface area contributed by atoms with E-state index < -0.39 is 0 Å². The molecule has 0 amide bonds. The van der Waals surface area contributed by atoms with Gasteiger partial charge >= 0.3 is 0 Å². The van der Waals surface area contributed by atoms with E-state index in [4.69, 9.17) is 13.8 Å². The summed E-state index contributed by atoms with van der Waals surface area (Å²) in [5, 5.41) is 3.37. The molecule has 3 aromatic rings. The van der Waals surface area contributed by atoms with Crippen LogP contribution in [0.1, 0.15) is 11.5 Å². The summed E-state index contributed by atoms with van der Waals surface area (Å²) >= 11 is 0. The molecule has 1 aliphatic rings. The second-order valence-corrected chi connectivity index (χ2v) is 5.91. The summed E-state index contributed by atoms with van der Waals surface area (Å²) in [4.78, 5) is 4.77. The van der Waals surface area contributed by atoms with Gasteiger partial charge in [0.2, 0.25) is 0 Å². The largest absolute Gasteiger partial charge is 0.465 e. The van der Waals surface area contributed by atoms with E-state index in [9.17, 15) is 4.39 Å². The number of halogens is 1. The van der Waals surface area contributed by atoms with Crippen molar-refractivity contribution in [1.29, 1.82) is 0 Å². The van der Waals surface area contributed by atoms with Crippen molar-refractivity contribution in [2.75, 3.05) is 13.1 Å². The fraction of sp³-hybridized carbons (Fsp3) is 0.0952. The highest BCUT2D eigenvalue weighted by Gasteiger charge is 2.19. The maximum Gasteiger partial charge on any atom is 0.127 e. The van der Waals surface area contributed by atoms with Crippen molar-refractivity contribution in [2.24, 2.45) is 4.99 Å².